The van der Waals surface area contributed by atoms with Crippen LogP contribution in [-0.4, -0.2) is 38.8 Å². The Hall–Kier alpha value is -2.61. The molecule has 0 atom stereocenters. The summed E-state index contributed by atoms with van der Waals surface area (Å²) in [7, 11) is 0. The quantitative estimate of drug-likeness (QED) is 0.727. The van der Waals surface area contributed by atoms with Crippen LogP contribution in [0.2, 0.25) is 0 Å². The first-order valence-corrected chi connectivity index (χ1v) is 8.97. The van der Waals surface area contributed by atoms with E-state index in [-0.39, 0.29) is 5.91 Å². The van der Waals surface area contributed by atoms with Crippen LogP contribution < -0.4 is 5.32 Å². The van der Waals surface area contributed by atoms with Gasteiger partial charge in [-0.25, -0.2) is 15.0 Å². The molecule has 0 unspecified atom stereocenters. The molecule has 3 aromatic rings. The molecule has 128 valence electrons. The number of nitrogens with zero attached hydrogens (tertiary/aromatic N) is 4. The molecule has 0 saturated carbocycles. The highest BCUT2D eigenvalue weighted by Gasteiger charge is 2.24. The number of nitrogens with one attached hydrogen (secondary N) is 1. The Morgan fingerprint density at radius 3 is 2.84 bits per heavy atom. The lowest BCUT2D eigenvalue weighted by molar-refractivity contribution is 0.0789. The van der Waals surface area contributed by atoms with E-state index in [2.05, 4.69) is 20.3 Å². The summed E-state index contributed by atoms with van der Waals surface area (Å²) in [6, 6.07) is 4.84. The number of hydrogen-bond acceptors (Lipinski definition) is 6. The van der Waals surface area contributed by atoms with E-state index in [0.717, 1.165) is 41.7 Å². The maximum absolute atomic E-state index is 12.9. The van der Waals surface area contributed by atoms with Crippen molar-refractivity contribution < 1.29 is 9.18 Å². The zero-order chi connectivity index (χ0) is 17.2. The Balaban J connectivity index is 1.60. The Morgan fingerprint density at radius 1 is 1.24 bits per heavy atom. The number of hydrogen-bond donors (Lipinski definition) is 1. The topological polar surface area (TPSA) is 71.0 Å². The average Bonchev–Trinajstić information content (AvgIpc) is 3.31. The van der Waals surface area contributed by atoms with Crippen molar-refractivity contribution in [3.8, 4) is 0 Å². The van der Waals surface area contributed by atoms with Crippen molar-refractivity contribution in [2.75, 3.05) is 18.4 Å². The molecule has 6 nitrogen and oxygen atoms in total. The summed E-state index contributed by atoms with van der Waals surface area (Å²) in [6.07, 6.45) is 3.53. The molecule has 1 aliphatic heterocycles. The summed E-state index contributed by atoms with van der Waals surface area (Å²) >= 11 is 1.47. The molecule has 4 heterocycles. The van der Waals surface area contributed by atoms with Gasteiger partial charge >= 0.3 is 0 Å². The fraction of sp³-hybridized carbons (Fsp3) is 0.294. The lowest BCUT2D eigenvalue weighted by atomic mass is 10.3. The molecular weight excluding hydrogens is 341 g/mol. The van der Waals surface area contributed by atoms with Crippen molar-refractivity contribution in [2.24, 2.45) is 0 Å². The number of aromatic nitrogens is 3. The zero-order valence-corrected chi connectivity index (χ0v) is 14.2. The smallest absolute Gasteiger partial charge is 0.274 e. The monoisotopic (exact) mass is 357 g/mol. The van der Waals surface area contributed by atoms with Crippen LogP contribution in [0.4, 0.5) is 10.3 Å². The molecule has 0 bridgehead atoms. The predicted octanol–water partition coefficient (Wildman–Crippen LogP) is 3.07. The van der Waals surface area contributed by atoms with Crippen molar-refractivity contribution >= 4 is 33.4 Å². The highest BCUT2D eigenvalue weighted by molar-refractivity contribution is 7.17. The van der Waals surface area contributed by atoms with Gasteiger partial charge in [0.25, 0.3) is 5.91 Å². The largest absolute Gasteiger partial charge is 0.350 e. The van der Waals surface area contributed by atoms with Gasteiger partial charge in [0, 0.05) is 25.8 Å². The minimum absolute atomic E-state index is 0.0427. The Bertz CT molecular complexity index is 905. The van der Waals surface area contributed by atoms with Crippen molar-refractivity contribution in [3.63, 3.8) is 0 Å². The van der Waals surface area contributed by atoms with Crippen LogP contribution in [0, 0.1) is 5.95 Å². The second-order valence-electron chi connectivity index (χ2n) is 5.87. The van der Waals surface area contributed by atoms with Gasteiger partial charge in [-0.05, 0) is 35.9 Å². The maximum atomic E-state index is 12.9. The first kappa shape index (κ1) is 15.9. The number of thiophene rings is 1. The van der Waals surface area contributed by atoms with E-state index < -0.39 is 5.95 Å². The third-order valence-electron chi connectivity index (χ3n) is 4.14. The lowest BCUT2D eigenvalue weighted by Gasteiger charge is -2.15. The molecule has 1 N–H and O–H groups in total. The van der Waals surface area contributed by atoms with Gasteiger partial charge in [0.2, 0.25) is 11.9 Å². The molecule has 1 saturated heterocycles. The van der Waals surface area contributed by atoms with Gasteiger partial charge in [-0.2, -0.15) is 4.39 Å². The highest BCUT2D eigenvalue weighted by atomic mass is 32.1. The Morgan fingerprint density at radius 2 is 2.08 bits per heavy atom. The number of rotatable bonds is 4. The Kier molecular flexibility index (Phi) is 4.27. The SMILES string of the molecule is O=C(c1nc(NCc2ccc(F)nc2)nc2ccsc12)N1CCCC1. The molecule has 0 spiro atoms. The van der Waals surface area contributed by atoms with Gasteiger partial charge in [-0.3, -0.25) is 4.79 Å². The van der Waals surface area contributed by atoms with Crippen LogP contribution in [0.25, 0.3) is 10.2 Å². The molecule has 3 aromatic heterocycles. The normalized spacial score (nSPS) is 14.2. The molecule has 0 aromatic carbocycles. The minimum atomic E-state index is -0.516. The number of amides is 1. The second-order valence-corrected chi connectivity index (χ2v) is 6.79. The van der Waals surface area contributed by atoms with E-state index in [1.54, 1.807) is 6.07 Å². The van der Waals surface area contributed by atoms with Gasteiger partial charge in [-0.15, -0.1) is 11.3 Å². The summed E-state index contributed by atoms with van der Waals surface area (Å²) in [6.45, 7) is 1.96. The van der Waals surface area contributed by atoms with Crippen LogP contribution in [0.3, 0.4) is 0 Å². The maximum Gasteiger partial charge on any atom is 0.274 e. The van der Waals surface area contributed by atoms with Gasteiger partial charge in [0.1, 0.15) is 0 Å². The summed E-state index contributed by atoms with van der Waals surface area (Å²) in [5.74, 6) is -0.171. The van der Waals surface area contributed by atoms with E-state index in [9.17, 15) is 9.18 Å². The summed E-state index contributed by atoms with van der Waals surface area (Å²) < 4.78 is 13.7. The molecule has 0 radical (unpaired) electrons. The van der Waals surface area contributed by atoms with E-state index in [0.29, 0.717) is 18.2 Å². The lowest BCUT2D eigenvalue weighted by Crippen LogP contribution is -2.28. The number of carbonyl (C=O) groups is 1. The van der Waals surface area contributed by atoms with Gasteiger partial charge < -0.3 is 10.2 Å². The van der Waals surface area contributed by atoms with Crippen LogP contribution in [-0.2, 0) is 6.54 Å². The number of carbonyl (C=O) groups excluding carboxylic acids is 1. The van der Waals surface area contributed by atoms with Gasteiger partial charge in [-0.1, -0.05) is 6.07 Å². The first-order valence-electron chi connectivity index (χ1n) is 8.09. The standard InChI is InChI=1S/C17H16FN5OS/c18-13-4-3-11(9-19-13)10-20-17-21-12-5-8-25-15(12)14(22-17)16(24)23-6-1-2-7-23/h3-5,8-9H,1-2,6-7,10H2,(H,20,21,22). The third kappa shape index (κ3) is 3.30. The summed E-state index contributed by atoms with van der Waals surface area (Å²) in [5.41, 5.74) is 2.01. The van der Waals surface area contributed by atoms with Crippen LogP contribution in [0.1, 0.15) is 28.9 Å². The van der Waals surface area contributed by atoms with E-state index >= 15 is 0 Å². The van der Waals surface area contributed by atoms with Crippen molar-refractivity contribution in [2.45, 2.75) is 19.4 Å². The van der Waals surface area contributed by atoms with E-state index in [4.69, 9.17) is 0 Å². The second kappa shape index (κ2) is 6.72. The van der Waals surface area contributed by atoms with E-state index in [1.807, 2.05) is 16.3 Å². The average molecular weight is 357 g/mol. The van der Waals surface area contributed by atoms with Crippen molar-refractivity contribution in [1.82, 2.24) is 19.9 Å². The minimum Gasteiger partial charge on any atom is -0.350 e. The van der Waals surface area contributed by atoms with Gasteiger partial charge in [0.05, 0.1) is 10.2 Å². The van der Waals surface area contributed by atoms with Crippen LogP contribution in [0.15, 0.2) is 29.8 Å². The van der Waals surface area contributed by atoms with Crippen LogP contribution in [0.5, 0.6) is 0 Å². The molecular formula is C17H16FN5OS. The fourth-order valence-corrected chi connectivity index (χ4v) is 3.66. The molecule has 1 fully saturated rings. The number of pyridine rings is 1. The van der Waals surface area contributed by atoms with Gasteiger partial charge in [0.15, 0.2) is 5.69 Å². The number of halogens is 1. The summed E-state index contributed by atoms with van der Waals surface area (Å²) in [4.78, 5) is 27.2. The first-order chi connectivity index (χ1) is 12.2. The molecule has 1 amide bonds. The van der Waals surface area contributed by atoms with Crippen LogP contribution >= 0.6 is 11.3 Å². The summed E-state index contributed by atoms with van der Waals surface area (Å²) in [5, 5.41) is 5.01. The van der Waals surface area contributed by atoms with Crippen molar-refractivity contribution in [3.05, 3.63) is 47.0 Å². The molecule has 4 rings (SSSR count). The third-order valence-corrected chi connectivity index (χ3v) is 5.05. The number of fused-ring (bicyclic) bond motifs is 1. The van der Waals surface area contributed by atoms with Crippen molar-refractivity contribution in [1.29, 1.82) is 0 Å². The zero-order valence-electron chi connectivity index (χ0n) is 13.4. The predicted molar refractivity (Wildman–Crippen MR) is 94.1 cm³/mol. The Labute approximate surface area is 147 Å². The molecule has 8 heteroatoms. The highest BCUT2D eigenvalue weighted by Crippen LogP contribution is 2.26. The molecule has 1 aliphatic rings. The fourth-order valence-electron chi connectivity index (χ4n) is 2.85. The number of anilines is 1. The molecule has 25 heavy (non-hydrogen) atoms. The van der Waals surface area contributed by atoms with E-state index in [1.165, 1.54) is 23.6 Å². The molecule has 0 aliphatic carbocycles. The number of likely N-dealkylation sites (tertiary alicyclic amines) is 1.